The predicted molar refractivity (Wildman–Crippen MR) is 75.0 cm³/mol. The number of hydrogen-bond acceptors (Lipinski definition) is 4. The maximum Gasteiger partial charge on any atom is 0.257 e. The van der Waals surface area contributed by atoms with Crippen LogP contribution in [0, 0.1) is 6.92 Å². The number of hydrogen-bond donors (Lipinski definition) is 1. The molecule has 0 radical (unpaired) electrons. The van der Waals surface area contributed by atoms with Gasteiger partial charge in [0.1, 0.15) is 5.76 Å². The molecular weight excluding hydrogens is 280 g/mol. The Morgan fingerprint density at radius 2 is 2.10 bits per heavy atom. The van der Waals surface area contributed by atoms with Crippen molar-refractivity contribution >= 4 is 15.9 Å². The van der Waals surface area contributed by atoms with Gasteiger partial charge >= 0.3 is 0 Å². The SMILES string of the molecule is CCS(=O)(=O)NC1CCN(C(=O)c2ccoc2C)CC1. The van der Waals surface area contributed by atoms with Gasteiger partial charge in [-0.1, -0.05) is 0 Å². The standard InChI is InChI=1S/C13H20N2O4S/c1-3-20(17,18)14-11-4-7-15(8-5-11)13(16)12-6-9-19-10(12)2/h6,9,11,14H,3-5,7-8H2,1-2H3. The maximum atomic E-state index is 12.3. The highest BCUT2D eigenvalue weighted by atomic mass is 32.2. The van der Waals surface area contributed by atoms with Gasteiger partial charge in [0.05, 0.1) is 17.6 Å². The highest BCUT2D eigenvalue weighted by Crippen LogP contribution is 2.17. The molecular formula is C13H20N2O4S. The van der Waals surface area contributed by atoms with Crippen molar-refractivity contribution < 1.29 is 17.6 Å². The predicted octanol–water partition coefficient (Wildman–Crippen LogP) is 1.13. The summed E-state index contributed by atoms with van der Waals surface area (Å²) >= 11 is 0. The van der Waals surface area contributed by atoms with Crippen LogP contribution < -0.4 is 4.72 Å². The normalized spacial score (nSPS) is 17.4. The second kappa shape index (κ2) is 5.97. The number of carbonyl (C=O) groups excluding carboxylic acids is 1. The first-order valence-electron chi connectivity index (χ1n) is 6.76. The van der Waals surface area contributed by atoms with Crippen molar-refractivity contribution in [2.75, 3.05) is 18.8 Å². The number of aryl methyl sites for hydroxylation is 1. The topological polar surface area (TPSA) is 79.6 Å². The summed E-state index contributed by atoms with van der Waals surface area (Å²) in [5.74, 6) is 0.650. The molecule has 0 saturated carbocycles. The number of furan rings is 1. The fourth-order valence-corrected chi connectivity index (χ4v) is 3.23. The molecule has 0 spiro atoms. The molecule has 1 saturated heterocycles. The first kappa shape index (κ1) is 15.1. The fourth-order valence-electron chi connectivity index (χ4n) is 2.31. The lowest BCUT2D eigenvalue weighted by Crippen LogP contribution is -2.46. The van der Waals surface area contributed by atoms with Crippen LogP contribution in [-0.4, -0.2) is 44.1 Å². The van der Waals surface area contributed by atoms with Crippen LogP contribution in [0.1, 0.15) is 35.9 Å². The van der Waals surface area contributed by atoms with E-state index in [0.29, 0.717) is 37.3 Å². The Hall–Kier alpha value is -1.34. The molecule has 1 aliphatic heterocycles. The van der Waals surface area contributed by atoms with E-state index in [1.807, 2.05) is 0 Å². The Bertz CT molecular complexity index is 571. The molecule has 0 bridgehead atoms. The highest BCUT2D eigenvalue weighted by Gasteiger charge is 2.27. The Morgan fingerprint density at radius 3 is 2.60 bits per heavy atom. The van der Waals surface area contributed by atoms with Crippen LogP contribution in [0.15, 0.2) is 16.7 Å². The van der Waals surface area contributed by atoms with Crippen molar-refractivity contribution in [1.82, 2.24) is 9.62 Å². The summed E-state index contributed by atoms with van der Waals surface area (Å²) in [7, 11) is -3.18. The fraction of sp³-hybridized carbons (Fsp3) is 0.615. The number of likely N-dealkylation sites (tertiary alicyclic amines) is 1. The minimum atomic E-state index is -3.18. The molecule has 1 aromatic heterocycles. The van der Waals surface area contributed by atoms with Crippen molar-refractivity contribution in [3.63, 3.8) is 0 Å². The number of piperidine rings is 1. The highest BCUT2D eigenvalue weighted by molar-refractivity contribution is 7.89. The summed E-state index contributed by atoms with van der Waals surface area (Å²) in [6, 6.07) is 1.60. The Balaban J connectivity index is 1.92. The second-order valence-electron chi connectivity index (χ2n) is 4.98. The zero-order valence-corrected chi connectivity index (χ0v) is 12.6. The average molecular weight is 300 g/mol. The van der Waals surface area contributed by atoms with Gasteiger partial charge in [0.15, 0.2) is 0 Å². The molecule has 0 unspecified atom stereocenters. The Morgan fingerprint density at radius 1 is 1.45 bits per heavy atom. The van der Waals surface area contributed by atoms with E-state index in [0.717, 1.165) is 0 Å². The zero-order valence-electron chi connectivity index (χ0n) is 11.8. The summed E-state index contributed by atoms with van der Waals surface area (Å²) in [4.78, 5) is 14.0. The van der Waals surface area contributed by atoms with Crippen molar-refractivity contribution in [3.8, 4) is 0 Å². The maximum absolute atomic E-state index is 12.3. The van der Waals surface area contributed by atoms with Crippen molar-refractivity contribution in [1.29, 1.82) is 0 Å². The van der Waals surface area contributed by atoms with Crippen LogP contribution in [0.3, 0.4) is 0 Å². The molecule has 6 nitrogen and oxygen atoms in total. The number of rotatable bonds is 4. The van der Waals surface area contributed by atoms with E-state index in [-0.39, 0.29) is 17.7 Å². The van der Waals surface area contributed by atoms with E-state index < -0.39 is 10.0 Å². The van der Waals surface area contributed by atoms with E-state index in [2.05, 4.69) is 4.72 Å². The van der Waals surface area contributed by atoms with Crippen LogP contribution in [-0.2, 0) is 10.0 Å². The van der Waals surface area contributed by atoms with Gasteiger partial charge in [0.25, 0.3) is 5.91 Å². The smallest absolute Gasteiger partial charge is 0.257 e. The van der Waals surface area contributed by atoms with E-state index in [9.17, 15) is 13.2 Å². The molecule has 1 amide bonds. The summed E-state index contributed by atoms with van der Waals surface area (Å²) in [5.41, 5.74) is 0.581. The van der Waals surface area contributed by atoms with E-state index in [1.165, 1.54) is 6.26 Å². The number of nitrogens with zero attached hydrogens (tertiary/aromatic N) is 1. The van der Waals surface area contributed by atoms with Crippen molar-refractivity contribution in [2.24, 2.45) is 0 Å². The largest absolute Gasteiger partial charge is 0.469 e. The molecule has 1 aliphatic rings. The van der Waals surface area contributed by atoms with E-state index in [1.54, 1.807) is 24.8 Å². The Labute approximate surface area is 119 Å². The lowest BCUT2D eigenvalue weighted by molar-refractivity contribution is 0.0709. The van der Waals surface area contributed by atoms with Gasteiger partial charge < -0.3 is 9.32 Å². The average Bonchev–Trinajstić information content (AvgIpc) is 2.85. The molecule has 112 valence electrons. The third-order valence-electron chi connectivity index (χ3n) is 3.60. The number of nitrogens with one attached hydrogen (secondary N) is 1. The van der Waals surface area contributed by atoms with E-state index in [4.69, 9.17) is 4.42 Å². The van der Waals surface area contributed by atoms with Crippen molar-refractivity contribution in [2.45, 2.75) is 32.7 Å². The van der Waals surface area contributed by atoms with Gasteiger partial charge in [-0.15, -0.1) is 0 Å². The molecule has 0 aromatic carbocycles. The number of amides is 1. The van der Waals surface area contributed by atoms with Gasteiger partial charge in [0, 0.05) is 19.1 Å². The summed E-state index contributed by atoms with van der Waals surface area (Å²) < 4.78 is 30.8. The summed E-state index contributed by atoms with van der Waals surface area (Å²) in [6.07, 6.45) is 2.79. The van der Waals surface area contributed by atoms with Gasteiger partial charge in [0.2, 0.25) is 10.0 Å². The van der Waals surface area contributed by atoms with Crippen LogP contribution in [0.25, 0.3) is 0 Å². The zero-order chi connectivity index (χ0) is 14.8. The molecule has 1 N–H and O–H groups in total. The molecule has 0 atom stereocenters. The summed E-state index contributed by atoms with van der Waals surface area (Å²) in [6.45, 7) is 4.48. The van der Waals surface area contributed by atoms with Crippen LogP contribution in [0.5, 0.6) is 0 Å². The van der Waals surface area contributed by atoms with Crippen LogP contribution in [0.2, 0.25) is 0 Å². The lowest BCUT2D eigenvalue weighted by Gasteiger charge is -2.32. The van der Waals surface area contributed by atoms with Gasteiger partial charge in [-0.05, 0) is 32.8 Å². The lowest BCUT2D eigenvalue weighted by atomic mass is 10.1. The quantitative estimate of drug-likeness (QED) is 0.904. The molecule has 0 aliphatic carbocycles. The molecule has 7 heteroatoms. The van der Waals surface area contributed by atoms with Crippen molar-refractivity contribution in [3.05, 3.63) is 23.7 Å². The number of sulfonamides is 1. The minimum Gasteiger partial charge on any atom is -0.469 e. The second-order valence-corrected chi connectivity index (χ2v) is 7.02. The van der Waals surface area contributed by atoms with Crippen LogP contribution in [0.4, 0.5) is 0 Å². The van der Waals surface area contributed by atoms with E-state index >= 15 is 0 Å². The first-order chi connectivity index (χ1) is 9.43. The van der Waals surface area contributed by atoms with Gasteiger partial charge in [-0.2, -0.15) is 0 Å². The molecule has 1 fully saturated rings. The molecule has 2 heterocycles. The minimum absolute atomic E-state index is 0.0481. The van der Waals surface area contributed by atoms with Gasteiger partial charge in [-0.25, -0.2) is 13.1 Å². The molecule has 1 aromatic rings. The summed E-state index contributed by atoms with van der Waals surface area (Å²) in [5, 5.41) is 0. The molecule has 20 heavy (non-hydrogen) atoms. The Kier molecular flexibility index (Phi) is 4.49. The third-order valence-corrected chi connectivity index (χ3v) is 5.05. The third kappa shape index (κ3) is 3.40. The monoisotopic (exact) mass is 300 g/mol. The van der Waals surface area contributed by atoms with Gasteiger partial charge in [-0.3, -0.25) is 4.79 Å². The molecule has 2 rings (SSSR count). The first-order valence-corrected chi connectivity index (χ1v) is 8.41. The number of carbonyl (C=O) groups is 1. The van der Waals surface area contributed by atoms with Crippen LogP contribution >= 0.6 is 0 Å².